The van der Waals surface area contributed by atoms with E-state index in [9.17, 15) is 19.2 Å². The van der Waals surface area contributed by atoms with E-state index < -0.39 is 24.0 Å². The first-order chi connectivity index (χ1) is 14.3. The maximum atomic E-state index is 12.6. The smallest absolute Gasteiger partial charge is 0.329 e. The number of amides is 3. The van der Waals surface area contributed by atoms with Crippen molar-refractivity contribution in [1.29, 1.82) is 0 Å². The topological polar surface area (TPSA) is 102 Å². The fraction of sp³-hybridized carbons (Fsp3) is 0.545. The maximum absolute atomic E-state index is 12.6. The molecule has 8 heteroatoms. The van der Waals surface area contributed by atoms with Crippen molar-refractivity contribution < 1.29 is 28.7 Å². The van der Waals surface area contributed by atoms with E-state index in [0.29, 0.717) is 30.9 Å². The summed E-state index contributed by atoms with van der Waals surface area (Å²) >= 11 is 0. The van der Waals surface area contributed by atoms with Crippen molar-refractivity contribution in [3.05, 3.63) is 24.3 Å². The number of imide groups is 1. The number of esters is 1. The van der Waals surface area contributed by atoms with Gasteiger partial charge in [-0.15, -0.1) is 0 Å². The summed E-state index contributed by atoms with van der Waals surface area (Å²) in [4.78, 5) is 51.2. The van der Waals surface area contributed by atoms with Crippen molar-refractivity contribution in [2.45, 2.75) is 58.6 Å². The maximum Gasteiger partial charge on any atom is 0.329 e. The van der Waals surface area contributed by atoms with Gasteiger partial charge in [0.25, 0.3) is 5.91 Å². The zero-order valence-electron chi connectivity index (χ0n) is 17.6. The molecule has 1 aromatic rings. The molecule has 162 valence electrons. The van der Waals surface area contributed by atoms with Gasteiger partial charge in [0, 0.05) is 5.69 Å². The molecule has 1 saturated carbocycles. The van der Waals surface area contributed by atoms with Gasteiger partial charge < -0.3 is 14.8 Å². The van der Waals surface area contributed by atoms with Crippen molar-refractivity contribution in [1.82, 2.24) is 4.90 Å². The number of nitrogens with one attached hydrogen (secondary N) is 1. The summed E-state index contributed by atoms with van der Waals surface area (Å²) in [6, 6.07) is 5.76. The van der Waals surface area contributed by atoms with Crippen LogP contribution < -0.4 is 10.1 Å². The van der Waals surface area contributed by atoms with E-state index in [4.69, 9.17) is 9.47 Å². The van der Waals surface area contributed by atoms with Crippen LogP contribution in [-0.2, 0) is 23.9 Å². The lowest BCUT2D eigenvalue weighted by atomic mass is 9.81. The third-order valence-electron chi connectivity index (χ3n) is 5.70. The molecule has 0 unspecified atom stereocenters. The summed E-state index contributed by atoms with van der Waals surface area (Å²) in [7, 11) is 0. The second-order valence-corrected chi connectivity index (χ2v) is 7.75. The lowest BCUT2D eigenvalue weighted by molar-refractivity contribution is -0.163. The summed E-state index contributed by atoms with van der Waals surface area (Å²) < 4.78 is 10.6. The highest BCUT2D eigenvalue weighted by Gasteiger charge is 2.51. The lowest BCUT2D eigenvalue weighted by Gasteiger charge is -2.23. The van der Waals surface area contributed by atoms with Crippen LogP contribution in [0.15, 0.2) is 24.3 Å². The summed E-state index contributed by atoms with van der Waals surface area (Å²) in [5, 5.41) is 2.66. The van der Waals surface area contributed by atoms with Gasteiger partial charge in [0.2, 0.25) is 11.8 Å². The number of fused-ring (bicyclic) bond motifs is 1. The van der Waals surface area contributed by atoms with Gasteiger partial charge in [0.1, 0.15) is 11.8 Å². The Bertz CT molecular complexity index is 797. The summed E-state index contributed by atoms with van der Waals surface area (Å²) in [6.45, 7) is 5.33. The first-order valence-corrected chi connectivity index (χ1v) is 10.4. The molecule has 4 atom stereocenters. The molecule has 1 aliphatic heterocycles. The van der Waals surface area contributed by atoms with E-state index in [0.717, 1.165) is 17.7 Å². The highest BCUT2D eigenvalue weighted by Crippen LogP contribution is 2.39. The molecule has 1 aromatic carbocycles. The van der Waals surface area contributed by atoms with Crippen LogP contribution in [0.3, 0.4) is 0 Å². The Labute approximate surface area is 175 Å². The zero-order valence-corrected chi connectivity index (χ0v) is 17.6. The van der Waals surface area contributed by atoms with Crippen molar-refractivity contribution in [3.8, 4) is 5.75 Å². The van der Waals surface area contributed by atoms with Crippen LogP contribution in [0.4, 0.5) is 5.69 Å². The fourth-order valence-electron chi connectivity index (χ4n) is 4.05. The van der Waals surface area contributed by atoms with Crippen LogP contribution in [0.5, 0.6) is 5.75 Å². The Morgan fingerprint density at radius 3 is 2.17 bits per heavy atom. The van der Waals surface area contributed by atoms with Gasteiger partial charge in [-0.1, -0.05) is 12.8 Å². The molecule has 8 nitrogen and oxygen atoms in total. The second kappa shape index (κ2) is 9.28. The number of hydrogen-bond acceptors (Lipinski definition) is 6. The van der Waals surface area contributed by atoms with Gasteiger partial charge >= 0.3 is 5.97 Å². The van der Waals surface area contributed by atoms with E-state index >= 15 is 0 Å². The molecule has 2 fully saturated rings. The minimum atomic E-state index is -1.08. The lowest BCUT2D eigenvalue weighted by Crippen LogP contribution is -2.46. The van der Waals surface area contributed by atoms with Gasteiger partial charge in [-0.05, 0) is 57.9 Å². The largest absolute Gasteiger partial charge is 0.494 e. The molecule has 2 aliphatic rings. The number of ether oxygens (including phenoxy) is 2. The zero-order chi connectivity index (χ0) is 21.8. The van der Waals surface area contributed by atoms with E-state index in [2.05, 4.69) is 5.32 Å². The van der Waals surface area contributed by atoms with Gasteiger partial charge in [-0.25, -0.2) is 4.79 Å². The van der Waals surface area contributed by atoms with Crippen LogP contribution in [0.1, 0.15) is 46.5 Å². The van der Waals surface area contributed by atoms with E-state index in [1.807, 2.05) is 6.92 Å². The Balaban J connectivity index is 1.57. The SMILES string of the molecule is CCOc1ccc(NC(=O)[C@@H](C)OC(=O)[C@H](C)N2C(=O)[C@H]3CCCC[C@H]3C2=O)cc1. The molecule has 1 N–H and O–H groups in total. The van der Waals surface area contributed by atoms with Crippen molar-refractivity contribution in [2.75, 3.05) is 11.9 Å². The number of rotatable bonds is 7. The van der Waals surface area contributed by atoms with Gasteiger partial charge in [0.05, 0.1) is 18.4 Å². The summed E-state index contributed by atoms with van der Waals surface area (Å²) in [5.74, 6) is -1.87. The van der Waals surface area contributed by atoms with Crippen LogP contribution in [0, 0.1) is 11.8 Å². The molecule has 3 amide bonds. The number of likely N-dealkylation sites (tertiary alicyclic amines) is 1. The van der Waals surface area contributed by atoms with Gasteiger partial charge in [-0.3, -0.25) is 19.3 Å². The number of hydrogen-bond donors (Lipinski definition) is 1. The molecule has 3 rings (SSSR count). The average Bonchev–Trinajstić information content (AvgIpc) is 2.99. The number of carbonyl (C=O) groups excluding carboxylic acids is 4. The first kappa shape index (κ1) is 21.8. The van der Waals surface area contributed by atoms with Crippen molar-refractivity contribution in [3.63, 3.8) is 0 Å². The number of nitrogens with zero attached hydrogens (tertiary/aromatic N) is 1. The molecule has 0 spiro atoms. The number of benzene rings is 1. The van der Waals surface area contributed by atoms with Gasteiger partial charge in [0.15, 0.2) is 6.10 Å². The monoisotopic (exact) mass is 416 g/mol. The minimum absolute atomic E-state index is 0.305. The van der Waals surface area contributed by atoms with Crippen molar-refractivity contribution >= 4 is 29.4 Å². The molecule has 1 saturated heterocycles. The molecule has 1 heterocycles. The minimum Gasteiger partial charge on any atom is -0.494 e. The van der Waals surface area contributed by atoms with Gasteiger partial charge in [-0.2, -0.15) is 0 Å². The molecule has 1 aliphatic carbocycles. The molecule has 0 radical (unpaired) electrons. The quantitative estimate of drug-likeness (QED) is 0.541. The van der Waals surface area contributed by atoms with Crippen LogP contribution in [0.2, 0.25) is 0 Å². The normalized spacial score (nSPS) is 22.8. The van der Waals surface area contributed by atoms with Crippen LogP contribution >= 0.6 is 0 Å². The standard InChI is InChI=1S/C22H28N2O6/c1-4-29-16-11-9-15(10-12-16)23-19(25)14(3)30-22(28)13(2)24-20(26)17-7-5-6-8-18(17)21(24)27/h9-14,17-18H,4-8H2,1-3H3,(H,23,25)/t13-,14+,17-,18+/m0/s1. The van der Waals surface area contributed by atoms with E-state index in [-0.39, 0.29) is 23.7 Å². The third-order valence-corrected chi connectivity index (χ3v) is 5.70. The number of carbonyl (C=O) groups is 4. The molecule has 30 heavy (non-hydrogen) atoms. The van der Waals surface area contributed by atoms with Crippen LogP contribution in [-0.4, -0.2) is 47.3 Å². The predicted octanol–water partition coefficient (Wildman–Crippen LogP) is 2.52. The molecule has 0 bridgehead atoms. The highest BCUT2D eigenvalue weighted by atomic mass is 16.5. The molecular formula is C22H28N2O6. The molecular weight excluding hydrogens is 388 g/mol. The predicted molar refractivity (Wildman–Crippen MR) is 109 cm³/mol. The van der Waals surface area contributed by atoms with E-state index in [1.165, 1.54) is 13.8 Å². The second-order valence-electron chi connectivity index (χ2n) is 7.75. The third kappa shape index (κ3) is 4.47. The average molecular weight is 416 g/mol. The van der Waals surface area contributed by atoms with E-state index in [1.54, 1.807) is 24.3 Å². The Morgan fingerprint density at radius 1 is 1.07 bits per heavy atom. The Morgan fingerprint density at radius 2 is 1.63 bits per heavy atom. The van der Waals surface area contributed by atoms with Crippen LogP contribution in [0.25, 0.3) is 0 Å². The highest BCUT2D eigenvalue weighted by molar-refractivity contribution is 6.08. The van der Waals surface area contributed by atoms with Crippen molar-refractivity contribution in [2.24, 2.45) is 11.8 Å². The summed E-state index contributed by atoms with van der Waals surface area (Å²) in [6.07, 6.45) is 2.09. The summed E-state index contributed by atoms with van der Waals surface area (Å²) in [5.41, 5.74) is 0.536. The first-order valence-electron chi connectivity index (χ1n) is 10.4. The molecule has 0 aromatic heterocycles. The Kier molecular flexibility index (Phi) is 6.74. The Hall–Kier alpha value is -2.90. The fourth-order valence-corrected chi connectivity index (χ4v) is 4.05. The number of anilines is 1.